The van der Waals surface area contributed by atoms with E-state index >= 15 is 0 Å². The number of hydrogen-bond acceptors (Lipinski definition) is 5. The van der Waals surface area contributed by atoms with Crippen LogP contribution in [0, 0.1) is 12.8 Å². The lowest BCUT2D eigenvalue weighted by molar-refractivity contribution is 0.103. The fourth-order valence-electron chi connectivity index (χ4n) is 3.67. The van der Waals surface area contributed by atoms with Crippen molar-refractivity contribution in [3.63, 3.8) is 0 Å². The standard InChI is InChI=1S/C26H34ClN5O.CH4/c1-4-29-16-6-5-7-19(3)17-30-26-23(28)24(25(33)20-10-8-18(2)9-11-20)31-32(26)22-14-12-21(27)13-15-22;/h8-15,19,29-30H,4-7,16-17,28H2,1-3H3;1H4. The molecule has 1 heterocycles. The lowest BCUT2D eigenvalue weighted by atomic mass is 10.0. The summed E-state index contributed by atoms with van der Waals surface area (Å²) in [7, 11) is 0. The Morgan fingerprint density at radius 1 is 1.12 bits per heavy atom. The Morgan fingerprint density at radius 2 is 1.79 bits per heavy atom. The molecule has 184 valence electrons. The first-order chi connectivity index (χ1) is 15.9. The van der Waals surface area contributed by atoms with E-state index in [1.54, 1.807) is 28.9 Å². The molecule has 2 aromatic carbocycles. The lowest BCUT2D eigenvalue weighted by Crippen LogP contribution is -2.16. The molecule has 0 fully saturated rings. The predicted molar refractivity (Wildman–Crippen MR) is 144 cm³/mol. The average Bonchev–Trinajstić information content (AvgIpc) is 3.14. The van der Waals surface area contributed by atoms with E-state index in [1.807, 2.05) is 31.2 Å². The van der Waals surface area contributed by atoms with Gasteiger partial charge < -0.3 is 16.4 Å². The van der Waals surface area contributed by atoms with Crippen molar-refractivity contribution in [2.45, 2.75) is 47.5 Å². The molecule has 4 N–H and O–H groups in total. The molecule has 1 atom stereocenters. The van der Waals surface area contributed by atoms with Gasteiger partial charge in [0.2, 0.25) is 5.78 Å². The molecule has 34 heavy (non-hydrogen) atoms. The Labute approximate surface area is 208 Å². The van der Waals surface area contributed by atoms with E-state index < -0.39 is 0 Å². The van der Waals surface area contributed by atoms with E-state index in [9.17, 15) is 4.79 Å². The van der Waals surface area contributed by atoms with Crippen LogP contribution in [0.2, 0.25) is 5.02 Å². The number of ketones is 1. The first-order valence-electron chi connectivity index (χ1n) is 11.6. The van der Waals surface area contributed by atoms with Crippen LogP contribution >= 0.6 is 11.6 Å². The molecule has 0 saturated heterocycles. The van der Waals surface area contributed by atoms with E-state index in [0.29, 0.717) is 28.0 Å². The van der Waals surface area contributed by atoms with Crippen LogP contribution in [0.4, 0.5) is 11.5 Å². The number of anilines is 2. The molecule has 6 nitrogen and oxygen atoms in total. The Kier molecular flexibility index (Phi) is 10.6. The Hall–Kier alpha value is -2.83. The van der Waals surface area contributed by atoms with Crippen LogP contribution in [0.3, 0.4) is 0 Å². The summed E-state index contributed by atoms with van der Waals surface area (Å²) in [6.45, 7) is 9.13. The molecule has 0 saturated carbocycles. The van der Waals surface area contributed by atoms with Crippen LogP contribution in [0.1, 0.15) is 62.2 Å². The molecule has 0 amide bonds. The third-order valence-electron chi connectivity index (χ3n) is 5.69. The first kappa shape index (κ1) is 27.4. The highest BCUT2D eigenvalue weighted by molar-refractivity contribution is 6.30. The van der Waals surface area contributed by atoms with Gasteiger partial charge in [0.25, 0.3) is 0 Å². The van der Waals surface area contributed by atoms with E-state index in [1.165, 1.54) is 6.42 Å². The number of nitrogens with zero attached hydrogens (tertiary/aromatic N) is 2. The summed E-state index contributed by atoms with van der Waals surface area (Å²) in [5.41, 5.74) is 9.52. The minimum absolute atomic E-state index is 0. The molecule has 0 aliphatic heterocycles. The predicted octanol–water partition coefficient (Wildman–Crippen LogP) is 6.11. The number of nitrogens with two attached hydrogens (primary N) is 1. The molecule has 0 spiro atoms. The number of carbonyl (C=O) groups is 1. The van der Waals surface area contributed by atoms with Gasteiger partial charge in [0, 0.05) is 17.1 Å². The number of aryl methyl sites for hydroxylation is 1. The van der Waals surface area contributed by atoms with Crippen LogP contribution in [-0.2, 0) is 0 Å². The van der Waals surface area contributed by atoms with Crippen LogP contribution < -0.4 is 16.4 Å². The van der Waals surface area contributed by atoms with Crippen molar-refractivity contribution in [1.29, 1.82) is 0 Å². The maximum atomic E-state index is 13.2. The minimum atomic E-state index is -0.195. The molecule has 7 heteroatoms. The smallest absolute Gasteiger partial charge is 0.215 e. The van der Waals surface area contributed by atoms with Crippen molar-refractivity contribution < 1.29 is 4.79 Å². The topological polar surface area (TPSA) is 85.0 Å². The van der Waals surface area contributed by atoms with Crippen molar-refractivity contribution >= 4 is 28.9 Å². The number of benzene rings is 2. The molecule has 0 aliphatic carbocycles. The molecule has 1 aromatic heterocycles. The monoisotopic (exact) mass is 483 g/mol. The van der Waals surface area contributed by atoms with Gasteiger partial charge in [0.05, 0.1) is 5.69 Å². The normalized spacial score (nSPS) is 11.6. The largest absolute Gasteiger partial charge is 0.394 e. The fourth-order valence-corrected chi connectivity index (χ4v) is 3.80. The molecule has 1 unspecified atom stereocenters. The molecular weight excluding hydrogens is 446 g/mol. The highest BCUT2D eigenvalue weighted by Crippen LogP contribution is 2.29. The number of nitrogens with one attached hydrogen (secondary N) is 2. The zero-order chi connectivity index (χ0) is 23.8. The van der Waals surface area contributed by atoms with Crippen LogP contribution in [0.25, 0.3) is 5.69 Å². The second kappa shape index (κ2) is 13.2. The van der Waals surface area contributed by atoms with Gasteiger partial charge in [-0.3, -0.25) is 4.79 Å². The first-order valence-corrected chi connectivity index (χ1v) is 12.0. The van der Waals surface area contributed by atoms with Crippen LogP contribution in [0.5, 0.6) is 0 Å². The summed E-state index contributed by atoms with van der Waals surface area (Å²) in [4.78, 5) is 13.2. The lowest BCUT2D eigenvalue weighted by Gasteiger charge is -2.15. The zero-order valence-corrected chi connectivity index (χ0v) is 20.5. The van der Waals surface area contributed by atoms with Gasteiger partial charge in [-0.2, -0.15) is 5.10 Å². The number of aromatic nitrogens is 2. The van der Waals surface area contributed by atoms with Gasteiger partial charge in [-0.1, -0.05) is 69.1 Å². The minimum Gasteiger partial charge on any atom is -0.394 e. The van der Waals surface area contributed by atoms with E-state index in [0.717, 1.165) is 43.7 Å². The van der Waals surface area contributed by atoms with Gasteiger partial charge in [-0.05, 0) is 63.0 Å². The van der Waals surface area contributed by atoms with Crippen molar-refractivity contribution in [1.82, 2.24) is 15.1 Å². The summed E-state index contributed by atoms with van der Waals surface area (Å²) < 4.78 is 1.70. The highest BCUT2D eigenvalue weighted by Gasteiger charge is 2.23. The summed E-state index contributed by atoms with van der Waals surface area (Å²) in [6, 6.07) is 14.8. The van der Waals surface area contributed by atoms with E-state index in [-0.39, 0.29) is 18.9 Å². The summed E-state index contributed by atoms with van der Waals surface area (Å²) in [5.74, 6) is 0.892. The van der Waals surface area contributed by atoms with Crippen molar-refractivity contribution in [2.75, 3.05) is 30.7 Å². The molecule has 3 aromatic rings. The van der Waals surface area contributed by atoms with Gasteiger partial charge in [0.15, 0.2) is 11.5 Å². The van der Waals surface area contributed by atoms with Gasteiger partial charge in [-0.25, -0.2) is 4.68 Å². The third-order valence-corrected chi connectivity index (χ3v) is 5.94. The number of unbranched alkanes of at least 4 members (excludes halogenated alkanes) is 1. The summed E-state index contributed by atoms with van der Waals surface area (Å²) in [6.07, 6.45) is 3.44. The Bertz CT molecular complexity index is 1040. The van der Waals surface area contributed by atoms with Gasteiger partial charge in [0.1, 0.15) is 5.69 Å². The second-order valence-corrected chi connectivity index (χ2v) is 8.97. The highest BCUT2D eigenvalue weighted by atomic mass is 35.5. The Balaban J connectivity index is 0.00000408. The number of carbonyl (C=O) groups excluding carboxylic acids is 1. The second-order valence-electron chi connectivity index (χ2n) is 8.53. The van der Waals surface area contributed by atoms with Crippen LogP contribution in [0.15, 0.2) is 48.5 Å². The van der Waals surface area contributed by atoms with Crippen molar-refractivity contribution in [3.8, 4) is 5.69 Å². The molecule has 0 aliphatic rings. The van der Waals surface area contributed by atoms with Gasteiger partial charge in [-0.15, -0.1) is 0 Å². The zero-order valence-electron chi connectivity index (χ0n) is 19.7. The van der Waals surface area contributed by atoms with Crippen LogP contribution in [-0.4, -0.2) is 35.2 Å². The molecule has 0 radical (unpaired) electrons. The summed E-state index contributed by atoms with van der Waals surface area (Å²) >= 11 is 6.07. The van der Waals surface area contributed by atoms with Gasteiger partial charge >= 0.3 is 0 Å². The number of hydrogen-bond donors (Lipinski definition) is 3. The van der Waals surface area contributed by atoms with Crippen molar-refractivity contribution in [3.05, 3.63) is 70.4 Å². The molecule has 0 bridgehead atoms. The fraction of sp³-hybridized carbons (Fsp3) is 0.407. The van der Waals surface area contributed by atoms with E-state index in [4.69, 9.17) is 17.3 Å². The summed E-state index contributed by atoms with van der Waals surface area (Å²) in [5, 5.41) is 12.1. The molecular formula is C27H38ClN5O. The molecule has 3 rings (SSSR count). The number of rotatable bonds is 12. The van der Waals surface area contributed by atoms with Crippen molar-refractivity contribution in [2.24, 2.45) is 5.92 Å². The Morgan fingerprint density at radius 3 is 2.44 bits per heavy atom. The number of halogens is 1. The maximum Gasteiger partial charge on any atom is 0.215 e. The third kappa shape index (κ3) is 7.08. The quantitative estimate of drug-likeness (QED) is 0.214. The SMILES string of the molecule is C.CCNCCCCC(C)CNc1c(N)c(C(=O)c2ccc(C)cc2)nn1-c1ccc(Cl)cc1. The van der Waals surface area contributed by atoms with E-state index in [2.05, 4.69) is 29.6 Å². The maximum absolute atomic E-state index is 13.2. The number of nitrogen functional groups attached to an aromatic ring is 1. The average molecular weight is 484 g/mol.